The van der Waals surface area contributed by atoms with Gasteiger partial charge in [-0.05, 0) is 56.5 Å². The van der Waals surface area contributed by atoms with Crippen LogP contribution >= 0.6 is 0 Å². The van der Waals surface area contributed by atoms with Crippen LogP contribution in [0.5, 0.6) is 0 Å². The molecule has 2 rings (SSSR count). The lowest BCUT2D eigenvalue weighted by Crippen LogP contribution is -2.29. The molecule has 4 heteroatoms. The van der Waals surface area contributed by atoms with Crippen molar-refractivity contribution < 1.29 is 4.79 Å². The number of anilines is 1. The zero-order valence-corrected chi connectivity index (χ0v) is 11.8. The highest BCUT2D eigenvalue weighted by Crippen LogP contribution is 2.28. The minimum absolute atomic E-state index is 0.0484. The Morgan fingerprint density at radius 3 is 2.42 bits per heavy atom. The fourth-order valence-electron chi connectivity index (χ4n) is 2.57. The fraction of sp³-hybridized carbons (Fsp3) is 0.467. The molecule has 0 saturated carbocycles. The number of amides is 1. The van der Waals surface area contributed by atoms with Crippen molar-refractivity contribution in [3.63, 3.8) is 0 Å². The van der Waals surface area contributed by atoms with Gasteiger partial charge >= 0.3 is 0 Å². The molecular formula is C15H21N3O. The van der Waals surface area contributed by atoms with Gasteiger partial charge in [0.05, 0.1) is 17.3 Å². The summed E-state index contributed by atoms with van der Waals surface area (Å²) in [5.74, 6) is -0.0943. The number of nitrogens with two attached hydrogens (primary N) is 1. The van der Waals surface area contributed by atoms with Gasteiger partial charge in [0.2, 0.25) is 0 Å². The highest BCUT2D eigenvalue weighted by Gasteiger charge is 2.34. The van der Waals surface area contributed by atoms with Crippen molar-refractivity contribution >= 4 is 17.3 Å². The maximum absolute atomic E-state index is 12.4. The molecular weight excluding hydrogens is 238 g/mol. The van der Waals surface area contributed by atoms with Crippen molar-refractivity contribution in [2.24, 2.45) is 16.8 Å². The minimum Gasteiger partial charge on any atom is -0.330 e. The summed E-state index contributed by atoms with van der Waals surface area (Å²) < 4.78 is 0. The molecule has 1 unspecified atom stereocenters. The lowest BCUT2D eigenvalue weighted by atomic mass is 9.97. The van der Waals surface area contributed by atoms with Gasteiger partial charge in [-0.1, -0.05) is 13.0 Å². The Labute approximate surface area is 114 Å². The number of carbonyl (C=O) groups is 1. The van der Waals surface area contributed by atoms with E-state index in [1.165, 1.54) is 0 Å². The zero-order valence-electron chi connectivity index (χ0n) is 11.8. The van der Waals surface area contributed by atoms with Crippen LogP contribution in [-0.4, -0.2) is 18.2 Å². The third-order valence-electron chi connectivity index (χ3n) is 3.41. The third-order valence-corrected chi connectivity index (χ3v) is 3.41. The molecule has 0 radical (unpaired) electrons. The Hall–Kier alpha value is -1.68. The first-order chi connectivity index (χ1) is 9.06. The Kier molecular flexibility index (Phi) is 4.00. The third kappa shape index (κ3) is 2.68. The molecule has 1 atom stereocenters. The molecule has 0 saturated heterocycles. The van der Waals surface area contributed by atoms with Crippen LogP contribution in [0, 0.1) is 19.8 Å². The smallest absolute Gasteiger partial charge is 0.256 e. The Bertz CT molecular complexity index is 502. The van der Waals surface area contributed by atoms with Crippen LogP contribution in [0.15, 0.2) is 23.3 Å². The van der Waals surface area contributed by atoms with Crippen LogP contribution < -0.4 is 10.7 Å². The van der Waals surface area contributed by atoms with Gasteiger partial charge in [0, 0.05) is 0 Å². The number of aryl methyl sites for hydroxylation is 2. The molecule has 0 spiro atoms. The normalized spacial score (nSPS) is 18.9. The summed E-state index contributed by atoms with van der Waals surface area (Å²) in [6.45, 7) is 6.59. The molecule has 0 fully saturated rings. The van der Waals surface area contributed by atoms with Crippen molar-refractivity contribution in [3.8, 4) is 0 Å². The van der Waals surface area contributed by atoms with E-state index in [4.69, 9.17) is 5.73 Å². The summed E-state index contributed by atoms with van der Waals surface area (Å²) in [6, 6.07) is 6.07. The Morgan fingerprint density at radius 2 is 1.89 bits per heavy atom. The van der Waals surface area contributed by atoms with E-state index in [0.29, 0.717) is 13.0 Å². The van der Waals surface area contributed by atoms with Crippen molar-refractivity contribution in [3.05, 3.63) is 29.3 Å². The summed E-state index contributed by atoms with van der Waals surface area (Å²) in [4.78, 5) is 12.4. The second-order valence-electron chi connectivity index (χ2n) is 5.07. The Balaban J connectivity index is 2.35. The van der Waals surface area contributed by atoms with E-state index in [-0.39, 0.29) is 11.8 Å². The second-order valence-corrected chi connectivity index (χ2v) is 5.07. The van der Waals surface area contributed by atoms with E-state index in [0.717, 1.165) is 28.9 Å². The van der Waals surface area contributed by atoms with Crippen LogP contribution in [0.2, 0.25) is 0 Å². The summed E-state index contributed by atoms with van der Waals surface area (Å²) in [7, 11) is 0. The lowest BCUT2D eigenvalue weighted by molar-refractivity contribution is -0.119. The van der Waals surface area contributed by atoms with Gasteiger partial charge in [0.15, 0.2) is 0 Å². The number of benzene rings is 1. The number of carbonyl (C=O) groups excluding carboxylic acids is 1. The van der Waals surface area contributed by atoms with Crippen LogP contribution in [0.25, 0.3) is 0 Å². The number of hydrogen-bond acceptors (Lipinski definition) is 3. The molecule has 1 aliphatic rings. The molecule has 1 aliphatic heterocycles. The molecule has 0 aromatic heterocycles. The maximum Gasteiger partial charge on any atom is 0.256 e. The van der Waals surface area contributed by atoms with Crippen LogP contribution in [-0.2, 0) is 4.79 Å². The molecule has 2 N–H and O–H groups in total. The molecule has 4 nitrogen and oxygen atoms in total. The summed E-state index contributed by atoms with van der Waals surface area (Å²) in [6.07, 6.45) is 1.46. The SMILES string of the molecule is CCC1=NN(c2cc(C)cc(C)c2)C(=O)C1CCN. The van der Waals surface area contributed by atoms with E-state index in [9.17, 15) is 4.79 Å². The van der Waals surface area contributed by atoms with Crippen LogP contribution in [0.3, 0.4) is 0 Å². The molecule has 1 aromatic carbocycles. The first kappa shape index (κ1) is 13.7. The van der Waals surface area contributed by atoms with Gasteiger partial charge in [-0.2, -0.15) is 5.10 Å². The second kappa shape index (κ2) is 5.53. The molecule has 0 bridgehead atoms. The lowest BCUT2D eigenvalue weighted by Gasteiger charge is -2.15. The monoisotopic (exact) mass is 259 g/mol. The molecule has 102 valence electrons. The zero-order chi connectivity index (χ0) is 14.0. The van der Waals surface area contributed by atoms with Gasteiger partial charge in [-0.15, -0.1) is 0 Å². The number of rotatable bonds is 4. The van der Waals surface area contributed by atoms with Crippen LogP contribution in [0.1, 0.15) is 30.9 Å². The van der Waals surface area contributed by atoms with Gasteiger partial charge in [0.1, 0.15) is 0 Å². The average Bonchev–Trinajstić information content (AvgIpc) is 2.66. The Morgan fingerprint density at radius 1 is 1.26 bits per heavy atom. The molecule has 0 aliphatic carbocycles. The number of hydrogen-bond donors (Lipinski definition) is 1. The first-order valence-corrected chi connectivity index (χ1v) is 6.76. The van der Waals surface area contributed by atoms with E-state index < -0.39 is 0 Å². The van der Waals surface area contributed by atoms with E-state index in [1.54, 1.807) is 5.01 Å². The van der Waals surface area contributed by atoms with E-state index >= 15 is 0 Å². The number of nitrogens with zero attached hydrogens (tertiary/aromatic N) is 2. The molecule has 1 amide bonds. The predicted octanol–water partition coefficient (Wildman–Crippen LogP) is 2.38. The highest BCUT2D eigenvalue weighted by molar-refractivity contribution is 6.15. The summed E-state index contributed by atoms with van der Waals surface area (Å²) in [5, 5.41) is 6.03. The summed E-state index contributed by atoms with van der Waals surface area (Å²) in [5.41, 5.74) is 9.66. The van der Waals surface area contributed by atoms with E-state index in [1.807, 2.05) is 32.9 Å². The van der Waals surface area contributed by atoms with Crippen molar-refractivity contribution in [2.45, 2.75) is 33.6 Å². The maximum atomic E-state index is 12.4. The van der Waals surface area contributed by atoms with E-state index in [2.05, 4.69) is 11.2 Å². The highest BCUT2D eigenvalue weighted by atomic mass is 16.2. The van der Waals surface area contributed by atoms with Crippen molar-refractivity contribution in [2.75, 3.05) is 11.6 Å². The topological polar surface area (TPSA) is 58.7 Å². The number of hydrazone groups is 1. The first-order valence-electron chi connectivity index (χ1n) is 6.76. The van der Waals surface area contributed by atoms with Crippen LogP contribution in [0.4, 0.5) is 5.69 Å². The fourth-order valence-corrected chi connectivity index (χ4v) is 2.57. The molecule has 1 aromatic rings. The van der Waals surface area contributed by atoms with Crippen molar-refractivity contribution in [1.82, 2.24) is 0 Å². The summed E-state index contributed by atoms with van der Waals surface area (Å²) >= 11 is 0. The minimum atomic E-state index is -0.143. The van der Waals surface area contributed by atoms with Gasteiger partial charge in [-0.25, -0.2) is 5.01 Å². The molecule has 1 heterocycles. The predicted molar refractivity (Wildman–Crippen MR) is 78.3 cm³/mol. The average molecular weight is 259 g/mol. The largest absolute Gasteiger partial charge is 0.330 e. The van der Waals surface area contributed by atoms with Crippen molar-refractivity contribution in [1.29, 1.82) is 0 Å². The van der Waals surface area contributed by atoms with Gasteiger partial charge < -0.3 is 5.73 Å². The van der Waals surface area contributed by atoms with Gasteiger partial charge in [-0.3, -0.25) is 4.79 Å². The van der Waals surface area contributed by atoms with Gasteiger partial charge in [0.25, 0.3) is 5.91 Å². The molecule has 19 heavy (non-hydrogen) atoms. The standard InChI is InChI=1S/C15H21N3O/c1-4-14-13(5-6-16)15(19)18(17-14)12-8-10(2)7-11(3)9-12/h7-9,13H,4-6,16H2,1-3H3. The quantitative estimate of drug-likeness (QED) is 0.902.